The van der Waals surface area contributed by atoms with Crippen LogP contribution in [0.4, 0.5) is 0 Å². The zero-order chi connectivity index (χ0) is 13.8. The molecule has 104 valence electrons. The van der Waals surface area contributed by atoms with Crippen molar-refractivity contribution in [1.82, 2.24) is 5.32 Å². The highest BCUT2D eigenvalue weighted by Gasteiger charge is 2.24. The van der Waals surface area contributed by atoms with Gasteiger partial charge >= 0.3 is 0 Å². The van der Waals surface area contributed by atoms with Gasteiger partial charge in [-0.2, -0.15) is 0 Å². The van der Waals surface area contributed by atoms with Crippen molar-refractivity contribution in [1.29, 1.82) is 0 Å². The Labute approximate surface area is 122 Å². The summed E-state index contributed by atoms with van der Waals surface area (Å²) < 4.78 is 0. The fourth-order valence-corrected chi connectivity index (χ4v) is 3.23. The van der Waals surface area contributed by atoms with E-state index in [1.807, 2.05) is 0 Å². The molecule has 2 rings (SSSR count). The lowest BCUT2D eigenvalue weighted by Gasteiger charge is -2.21. The Morgan fingerprint density at radius 3 is 2.84 bits per heavy atom. The van der Waals surface area contributed by atoms with Gasteiger partial charge in [-0.05, 0) is 31.4 Å². The van der Waals surface area contributed by atoms with Gasteiger partial charge < -0.3 is 10.4 Å². The summed E-state index contributed by atoms with van der Waals surface area (Å²) in [6.07, 6.45) is 5.66. The zero-order valence-electron chi connectivity index (χ0n) is 11.2. The van der Waals surface area contributed by atoms with Crippen molar-refractivity contribution in [2.45, 2.75) is 49.9 Å². The average Bonchev–Trinajstić information content (AvgIpc) is 2.58. The molecule has 2 unspecified atom stereocenters. The monoisotopic (exact) mass is 325 g/mol. The quantitative estimate of drug-likeness (QED) is 0.645. The normalized spacial score (nSPS) is 23.7. The first kappa shape index (κ1) is 14.4. The predicted octanol–water partition coefficient (Wildman–Crippen LogP) is 3.53. The Morgan fingerprint density at radius 1 is 1.32 bits per heavy atom. The second-order valence-corrected chi connectivity index (χ2v) is 6.38. The molecule has 1 aliphatic rings. The van der Waals surface area contributed by atoms with Gasteiger partial charge in [0.2, 0.25) is 0 Å². The Morgan fingerprint density at radius 2 is 2.05 bits per heavy atom. The largest absolute Gasteiger partial charge is 0.507 e. The topological polar surface area (TPSA) is 49.3 Å². The Balaban J connectivity index is 2.09. The molecule has 2 N–H and O–H groups in total. The van der Waals surface area contributed by atoms with Crippen molar-refractivity contribution in [2.75, 3.05) is 0 Å². The van der Waals surface area contributed by atoms with Crippen LogP contribution < -0.4 is 5.32 Å². The number of hydrogen-bond donors (Lipinski definition) is 2. The highest BCUT2D eigenvalue weighted by Crippen LogP contribution is 2.25. The Bertz CT molecular complexity index is 461. The number of carbonyl (C=O) groups excluding carboxylic acids is 1. The fourth-order valence-electron chi connectivity index (χ4n) is 2.51. The first-order chi connectivity index (χ1) is 9.09. The summed E-state index contributed by atoms with van der Waals surface area (Å²) in [5.74, 6) is -0.0997. The first-order valence-electron chi connectivity index (χ1n) is 6.83. The minimum atomic E-state index is -0.183. The Hall–Kier alpha value is -1.03. The molecule has 0 bridgehead atoms. The van der Waals surface area contributed by atoms with E-state index in [4.69, 9.17) is 0 Å². The van der Waals surface area contributed by atoms with Crippen LogP contribution in [0.5, 0.6) is 5.75 Å². The minimum Gasteiger partial charge on any atom is -0.507 e. The maximum Gasteiger partial charge on any atom is 0.255 e. The average molecular weight is 326 g/mol. The number of hydrogen-bond acceptors (Lipinski definition) is 2. The molecule has 1 aromatic rings. The Kier molecular flexibility index (Phi) is 4.86. The molecule has 1 aromatic carbocycles. The summed E-state index contributed by atoms with van der Waals surface area (Å²) >= 11 is 3.66. The molecule has 2 atom stereocenters. The van der Waals surface area contributed by atoms with Crippen molar-refractivity contribution >= 4 is 21.8 Å². The van der Waals surface area contributed by atoms with E-state index in [2.05, 4.69) is 21.2 Å². The van der Waals surface area contributed by atoms with Crippen LogP contribution in [0, 0.1) is 6.92 Å². The first-order valence-corrected chi connectivity index (χ1v) is 7.74. The lowest BCUT2D eigenvalue weighted by Crippen LogP contribution is -2.40. The van der Waals surface area contributed by atoms with Crippen LogP contribution in [0.2, 0.25) is 0 Å². The molecule has 1 fully saturated rings. The van der Waals surface area contributed by atoms with Gasteiger partial charge in [-0.3, -0.25) is 4.79 Å². The maximum atomic E-state index is 12.3. The minimum absolute atomic E-state index is 0.0831. The van der Waals surface area contributed by atoms with Crippen LogP contribution in [-0.2, 0) is 0 Å². The number of para-hydroxylation sites is 1. The molecular weight excluding hydrogens is 306 g/mol. The van der Waals surface area contributed by atoms with E-state index in [0.717, 1.165) is 24.8 Å². The van der Waals surface area contributed by atoms with E-state index in [1.165, 1.54) is 12.8 Å². The number of aryl methyl sites for hydroxylation is 1. The molecule has 0 radical (unpaired) electrons. The van der Waals surface area contributed by atoms with Crippen LogP contribution in [0.3, 0.4) is 0 Å². The van der Waals surface area contributed by atoms with Crippen molar-refractivity contribution in [2.24, 2.45) is 0 Å². The third-order valence-electron chi connectivity index (χ3n) is 3.73. The molecule has 19 heavy (non-hydrogen) atoms. The summed E-state index contributed by atoms with van der Waals surface area (Å²) in [6.45, 7) is 1.80. The number of aromatic hydroxyl groups is 1. The summed E-state index contributed by atoms with van der Waals surface area (Å²) in [7, 11) is 0. The van der Waals surface area contributed by atoms with Crippen molar-refractivity contribution < 1.29 is 9.90 Å². The SMILES string of the molecule is Cc1cccc(C(=O)NC2CCCCCC2Br)c1O. The van der Waals surface area contributed by atoms with Crippen LogP contribution in [-0.4, -0.2) is 21.9 Å². The fraction of sp³-hybridized carbons (Fsp3) is 0.533. The predicted molar refractivity (Wildman–Crippen MR) is 79.9 cm³/mol. The highest BCUT2D eigenvalue weighted by molar-refractivity contribution is 9.09. The number of benzene rings is 1. The maximum absolute atomic E-state index is 12.3. The highest BCUT2D eigenvalue weighted by atomic mass is 79.9. The molecule has 3 nitrogen and oxygen atoms in total. The number of nitrogens with one attached hydrogen (secondary N) is 1. The van der Waals surface area contributed by atoms with Gasteiger partial charge in [0.05, 0.1) is 5.56 Å². The molecule has 1 saturated carbocycles. The number of phenolic OH excluding ortho intramolecular Hbond substituents is 1. The molecule has 1 amide bonds. The van der Waals surface area contributed by atoms with E-state index in [9.17, 15) is 9.90 Å². The van der Waals surface area contributed by atoms with Crippen LogP contribution in [0.15, 0.2) is 18.2 Å². The third kappa shape index (κ3) is 3.50. The van der Waals surface area contributed by atoms with Crippen LogP contribution in [0.25, 0.3) is 0 Å². The lowest BCUT2D eigenvalue weighted by atomic mass is 10.1. The van der Waals surface area contributed by atoms with Gasteiger partial charge in [-0.25, -0.2) is 0 Å². The molecule has 0 aromatic heterocycles. The number of carbonyl (C=O) groups is 1. The second kappa shape index (κ2) is 6.42. The van der Waals surface area contributed by atoms with Crippen LogP contribution in [0.1, 0.15) is 48.0 Å². The smallest absolute Gasteiger partial charge is 0.255 e. The van der Waals surface area contributed by atoms with E-state index in [0.29, 0.717) is 10.4 Å². The van der Waals surface area contributed by atoms with E-state index < -0.39 is 0 Å². The second-order valence-electron chi connectivity index (χ2n) is 5.21. The van der Waals surface area contributed by atoms with Gasteiger partial charge in [0.25, 0.3) is 5.91 Å². The number of rotatable bonds is 2. The van der Waals surface area contributed by atoms with Crippen molar-refractivity contribution in [3.63, 3.8) is 0 Å². The molecule has 0 heterocycles. The van der Waals surface area contributed by atoms with Crippen LogP contribution >= 0.6 is 15.9 Å². The van der Waals surface area contributed by atoms with E-state index in [1.54, 1.807) is 25.1 Å². The molecule has 0 spiro atoms. The molecule has 0 aliphatic heterocycles. The summed E-state index contributed by atoms with van der Waals surface area (Å²) in [5.41, 5.74) is 1.09. The number of phenols is 1. The van der Waals surface area contributed by atoms with E-state index in [-0.39, 0.29) is 17.7 Å². The molecule has 0 saturated heterocycles. The van der Waals surface area contributed by atoms with Gasteiger partial charge in [-0.1, -0.05) is 47.3 Å². The number of amides is 1. The third-order valence-corrected chi connectivity index (χ3v) is 4.83. The van der Waals surface area contributed by atoms with Gasteiger partial charge in [-0.15, -0.1) is 0 Å². The molecule has 1 aliphatic carbocycles. The standard InChI is InChI=1S/C15H20BrNO2/c1-10-6-5-7-11(14(10)18)15(19)17-13-9-4-2-3-8-12(13)16/h5-7,12-13,18H,2-4,8-9H2,1H3,(H,17,19). The van der Waals surface area contributed by atoms with Gasteiger partial charge in [0, 0.05) is 10.9 Å². The van der Waals surface area contributed by atoms with Crippen molar-refractivity contribution in [3.05, 3.63) is 29.3 Å². The summed E-state index contributed by atoms with van der Waals surface area (Å²) in [5, 5.41) is 13.0. The zero-order valence-corrected chi connectivity index (χ0v) is 12.7. The molecular formula is C15H20BrNO2. The molecule has 4 heteroatoms. The summed E-state index contributed by atoms with van der Waals surface area (Å²) in [4.78, 5) is 12.6. The number of alkyl halides is 1. The van der Waals surface area contributed by atoms with Crippen molar-refractivity contribution in [3.8, 4) is 5.75 Å². The van der Waals surface area contributed by atoms with Gasteiger partial charge in [0.15, 0.2) is 0 Å². The van der Waals surface area contributed by atoms with E-state index >= 15 is 0 Å². The number of halogens is 1. The van der Waals surface area contributed by atoms with Gasteiger partial charge in [0.1, 0.15) is 5.75 Å². The lowest BCUT2D eigenvalue weighted by molar-refractivity contribution is 0.0932. The summed E-state index contributed by atoms with van der Waals surface area (Å²) in [6, 6.07) is 5.40.